The molecular weight excluding hydrogens is 500 g/mol. The molecule has 0 aliphatic carbocycles. The minimum Gasteiger partial charge on any atom is -0.487 e. The van der Waals surface area contributed by atoms with Crippen molar-refractivity contribution in [3.05, 3.63) is 83.4 Å². The van der Waals surface area contributed by atoms with E-state index >= 15 is 0 Å². The quantitative estimate of drug-likeness (QED) is 0.317. The van der Waals surface area contributed by atoms with Crippen LogP contribution in [-0.4, -0.2) is 36.4 Å². The molecule has 2 aliphatic heterocycles. The fourth-order valence-corrected chi connectivity index (χ4v) is 3.81. The second kappa shape index (κ2) is 12.0. The van der Waals surface area contributed by atoms with Crippen molar-refractivity contribution < 1.29 is 23.9 Å². The van der Waals surface area contributed by atoms with Crippen LogP contribution in [0.15, 0.2) is 71.7 Å². The lowest BCUT2D eigenvalue weighted by atomic mass is 10.0. The first-order valence-corrected chi connectivity index (χ1v) is 12.3. The van der Waals surface area contributed by atoms with Gasteiger partial charge in [0, 0.05) is 29.4 Å². The molecule has 0 spiro atoms. The van der Waals surface area contributed by atoms with Crippen molar-refractivity contribution in [3.63, 3.8) is 0 Å². The monoisotopic (exact) mass is 530 g/mol. The molecule has 39 heavy (non-hydrogen) atoms. The molecule has 0 saturated heterocycles. The summed E-state index contributed by atoms with van der Waals surface area (Å²) in [7, 11) is 0. The third-order valence-corrected chi connectivity index (χ3v) is 5.64. The Morgan fingerprint density at radius 2 is 1.74 bits per heavy atom. The molecular formula is C28H30N6O5. The number of hydrazine groups is 1. The molecule has 3 aromatic rings. The fourth-order valence-electron chi connectivity index (χ4n) is 3.81. The van der Waals surface area contributed by atoms with Gasteiger partial charge >= 0.3 is 0 Å². The van der Waals surface area contributed by atoms with Gasteiger partial charge in [0.1, 0.15) is 11.9 Å². The standard InChI is InChI=1S/C28H30N6O5/c1-16(2)39-23-13-8-20-14-24(23)38-15-30-26(29)18-4-9-22(10-5-18)32-25(20)28(37)34-33-27(36)19-6-11-21(12-7-19)31-17(3)35/h4-14,16,25,32H,15H2,1-3H3,(H2,29,30)(H,31,35)(H,33,36)(H,34,37). The number of carbonyl (C=O) groups is 3. The van der Waals surface area contributed by atoms with E-state index in [1.807, 2.05) is 13.8 Å². The lowest BCUT2D eigenvalue weighted by Crippen LogP contribution is -2.45. The van der Waals surface area contributed by atoms with E-state index in [1.54, 1.807) is 54.6 Å². The zero-order valence-corrected chi connectivity index (χ0v) is 21.8. The number of nitrogens with two attached hydrogens (primary N) is 1. The number of ether oxygens (including phenoxy) is 2. The third kappa shape index (κ3) is 7.04. The summed E-state index contributed by atoms with van der Waals surface area (Å²) < 4.78 is 11.7. The Balaban J connectivity index is 1.58. The molecule has 0 aromatic heterocycles. The first kappa shape index (κ1) is 27.0. The number of nitrogens with zero attached hydrogens (tertiary/aromatic N) is 1. The van der Waals surface area contributed by atoms with E-state index in [9.17, 15) is 14.4 Å². The van der Waals surface area contributed by atoms with Gasteiger partial charge in [0.05, 0.1) is 6.10 Å². The normalized spacial score (nSPS) is 15.7. The van der Waals surface area contributed by atoms with Crippen LogP contribution in [0.25, 0.3) is 0 Å². The van der Waals surface area contributed by atoms with E-state index in [0.717, 1.165) is 0 Å². The maximum atomic E-state index is 13.4. The van der Waals surface area contributed by atoms with Gasteiger partial charge in [-0.05, 0) is 80.1 Å². The van der Waals surface area contributed by atoms with Gasteiger partial charge in [-0.25, -0.2) is 4.99 Å². The van der Waals surface area contributed by atoms with Crippen molar-refractivity contribution in [1.29, 1.82) is 0 Å². The molecule has 3 aromatic carbocycles. The number of fused-ring (bicyclic) bond motifs is 5. The predicted octanol–water partition coefficient (Wildman–Crippen LogP) is 3.10. The Morgan fingerprint density at radius 3 is 2.41 bits per heavy atom. The van der Waals surface area contributed by atoms with Crippen molar-refractivity contribution in [1.82, 2.24) is 10.9 Å². The van der Waals surface area contributed by atoms with Crippen LogP contribution >= 0.6 is 0 Å². The molecule has 202 valence electrons. The van der Waals surface area contributed by atoms with E-state index < -0.39 is 17.9 Å². The second-order valence-electron chi connectivity index (χ2n) is 9.05. The number of aliphatic imine (C=N–C) groups is 1. The highest BCUT2D eigenvalue weighted by atomic mass is 16.5. The van der Waals surface area contributed by atoms with Crippen LogP contribution in [0.1, 0.15) is 48.3 Å². The number of amidine groups is 1. The van der Waals surface area contributed by atoms with Crippen LogP contribution < -0.4 is 36.7 Å². The fraction of sp³-hybridized carbons (Fsp3) is 0.214. The lowest BCUT2D eigenvalue weighted by molar-refractivity contribution is -0.122. The van der Waals surface area contributed by atoms with Gasteiger partial charge in [-0.1, -0.05) is 6.07 Å². The number of hydrogen-bond donors (Lipinski definition) is 5. The van der Waals surface area contributed by atoms with Gasteiger partial charge in [0.15, 0.2) is 18.2 Å². The summed E-state index contributed by atoms with van der Waals surface area (Å²) in [5, 5.41) is 5.83. The SMILES string of the molecule is CC(=O)Nc1ccc(C(=O)NNC(=O)C2Nc3ccc(cc3)/C(N)=N\COc3cc2ccc3OC(C)C)cc1. The van der Waals surface area contributed by atoms with E-state index in [4.69, 9.17) is 15.2 Å². The number of amides is 3. The Bertz CT molecular complexity index is 1390. The Morgan fingerprint density at radius 1 is 1.03 bits per heavy atom. The molecule has 0 fully saturated rings. The van der Waals surface area contributed by atoms with Crippen LogP contribution in [0, 0.1) is 0 Å². The molecule has 2 aliphatic rings. The highest BCUT2D eigenvalue weighted by Crippen LogP contribution is 2.33. The molecule has 0 saturated carbocycles. The number of hydrogen-bond acceptors (Lipinski definition) is 8. The summed E-state index contributed by atoms with van der Waals surface area (Å²) in [4.78, 5) is 41.5. The topological polar surface area (TPSA) is 156 Å². The first-order valence-electron chi connectivity index (χ1n) is 12.3. The summed E-state index contributed by atoms with van der Waals surface area (Å²) in [6, 6.07) is 17.6. The number of benzene rings is 3. The highest BCUT2D eigenvalue weighted by Gasteiger charge is 2.24. The van der Waals surface area contributed by atoms with Gasteiger partial charge in [-0.15, -0.1) is 0 Å². The average Bonchev–Trinajstić information content (AvgIpc) is 2.92. The van der Waals surface area contributed by atoms with Gasteiger partial charge < -0.3 is 25.8 Å². The van der Waals surface area contributed by atoms with Gasteiger partial charge in [0.2, 0.25) is 5.91 Å². The minimum absolute atomic E-state index is 0.0490. The highest BCUT2D eigenvalue weighted by molar-refractivity contribution is 5.98. The van der Waals surface area contributed by atoms with E-state index in [-0.39, 0.29) is 18.7 Å². The molecule has 3 amide bonds. The van der Waals surface area contributed by atoms with Crippen LogP contribution in [0.3, 0.4) is 0 Å². The number of rotatable bonds is 5. The molecule has 11 heteroatoms. The molecule has 6 N–H and O–H groups in total. The van der Waals surface area contributed by atoms with Crippen molar-refractivity contribution in [2.24, 2.45) is 10.7 Å². The van der Waals surface area contributed by atoms with E-state index in [0.29, 0.717) is 45.4 Å². The Labute approximate surface area is 225 Å². The van der Waals surface area contributed by atoms with Crippen LogP contribution in [0.4, 0.5) is 11.4 Å². The van der Waals surface area contributed by atoms with Crippen molar-refractivity contribution in [2.75, 3.05) is 17.4 Å². The van der Waals surface area contributed by atoms with E-state index in [1.165, 1.54) is 19.1 Å². The van der Waals surface area contributed by atoms with Gasteiger partial charge in [-0.2, -0.15) is 0 Å². The van der Waals surface area contributed by atoms with Gasteiger partial charge in [0.25, 0.3) is 11.8 Å². The maximum Gasteiger partial charge on any atom is 0.269 e. The smallest absolute Gasteiger partial charge is 0.269 e. The number of nitrogens with one attached hydrogen (secondary N) is 4. The molecule has 11 nitrogen and oxygen atoms in total. The molecule has 5 rings (SSSR count). The molecule has 0 radical (unpaired) electrons. The second-order valence-corrected chi connectivity index (χ2v) is 9.05. The maximum absolute atomic E-state index is 13.4. The van der Waals surface area contributed by atoms with Crippen LogP contribution in [0.2, 0.25) is 0 Å². The Hall–Kier alpha value is -5.06. The summed E-state index contributed by atoms with van der Waals surface area (Å²) in [5.41, 5.74) is 13.8. The van der Waals surface area contributed by atoms with E-state index in [2.05, 4.69) is 26.5 Å². The largest absolute Gasteiger partial charge is 0.487 e. The Kier molecular flexibility index (Phi) is 8.30. The van der Waals surface area contributed by atoms with Crippen molar-refractivity contribution in [3.8, 4) is 11.5 Å². The number of anilines is 2. The molecule has 4 bridgehead atoms. The average molecular weight is 531 g/mol. The number of carbonyl (C=O) groups excluding carboxylic acids is 3. The summed E-state index contributed by atoms with van der Waals surface area (Å²) in [6.45, 7) is 5.14. The molecule has 2 heterocycles. The lowest BCUT2D eigenvalue weighted by Gasteiger charge is -2.22. The van der Waals surface area contributed by atoms with Crippen LogP contribution in [-0.2, 0) is 9.59 Å². The zero-order valence-electron chi connectivity index (χ0n) is 21.8. The third-order valence-electron chi connectivity index (χ3n) is 5.64. The summed E-state index contributed by atoms with van der Waals surface area (Å²) in [6.07, 6.45) is -0.107. The summed E-state index contributed by atoms with van der Waals surface area (Å²) >= 11 is 0. The summed E-state index contributed by atoms with van der Waals surface area (Å²) in [5.74, 6) is -0.0660. The van der Waals surface area contributed by atoms with Crippen LogP contribution in [0.5, 0.6) is 11.5 Å². The van der Waals surface area contributed by atoms with Crippen molar-refractivity contribution in [2.45, 2.75) is 32.9 Å². The predicted molar refractivity (Wildman–Crippen MR) is 148 cm³/mol. The molecule has 1 unspecified atom stereocenters. The molecule has 1 atom stereocenters. The zero-order chi connectivity index (χ0) is 27.9. The van der Waals surface area contributed by atoms with Crippen molar-refractivity contribution >= 4 is 34.9 Å². The van der Waals surface area contributed by atoms with Gasteiger partial charge in [-0.3, -0.25) is 25.2 Å². The minimum atomic E-state index is -0.909. The first-order chi connectivity index (χ1) is 18.7.